The second kappa shape index (κ2) is 9.22. The molecule has 1 heterocycles. The first-order valence-corrected chi connectivity index (χ1v) is 12.4. The third-order valence-electron chi connectivity index (χ3n) is 6.11. The van der Waals surface area contributed by atoms with Crippen molar-refractivity contribution in [1.82, 2.24) is 9.62 Å². The van der Waals surface area contributed by atoms with Crippen LogP contribution in [0.3, 0.4) is 0 Å². The van der Waals surface area contributed by atoms with Crippen LogP contribution >= 0.6 is 0 Å². The first-order valence-electron chi connectivity index (χ1n) is 10.9. The van der Waals surface area contributed by atoms with Gasteiger partial charge in [-0.15, -0.1) is 0 Å². The van der Waals surface area contributed by atoms with E-state index in [9.17, 15) is 17.6 Å². The molecule has 2 aliphatic rings. The van der Waals surface area contributed by atoms with Gasteiger partial charge in [0, 0.05) is 36.9 Å². The monoisotopic (exact) mass is 439 g/mol. The highest BCUT2D eigenvalue weighted by Crippen LogP contribution is 2.27. The topological polar surface area (TPSA) is 78.5 Å². The normalized spacial score (nSPS) is 22.9. The Balaban J connectivity index is 1.51. The molecular formula is C22H34FN3O3S. The summed E-state index contributed by atoms with van der Waals surface area (Å²) in [5.74, 6) is -0.133. The number of sulfonamides is 1. The van der Waals surface area contributed by atoms with Gasteiger partial charge in [0.25, 0.3) is 5.91 Å². The molecular weight excluding hydrogens is 405 g/mol. The third-order valence-corrected chi connectivity index (χ3v) is 8.36. The fourth-order valence-electron chi connectivity index (χ4n) is 4.06. The molecule has 1 saturated heterocycles. The number of hydrogen-bond acceptors (Lipinski definition) is 4. The summed E-state index contributed by atoms with van der Waals surface area (Å²) in [6, 6.07) is 4.43. The van der Waals surface area contributed by atoms with Crippen LogP contribution in [0.1, 0.15) is 69.7 Å². The number of nitrogens with one attached hydrogen (secondary N) is 2. The van der Waals surface area contributed by atoms with E-state index in [0.29, 0.717) is 23.7 Å². The predicted octanol–water partition coefficient (Wildman–Crippen LogP) is 3.75. The molecule has 168 valence electrons. The molecule has 1 aromatic rings. The van der Waals surface area contributed by atoms with Gasteiger partial charge in [-0.05, 0) is 83.4 Å². The molecule has 1 aliphatic carbocycles. The maximum Gasteiger partial charge on any atom is 0.254 e. The van der Waals surface area contributed by atoms with Crippen LogP contribution in [0.4, 0.5) is 10.1 Å². The Bertz CT molecular complexity index is 853. The second-order valence-corrected chi connectivity index (χ2v) is 12.0. The van der Waals surface area contributed by atoms with Gasteiger partial charge >= 0.3 is 0 Å². The van der Waals surface area contributed by atoms with E-state index in [0.717, 1.165) is 51.6 Å². The highest BCUT2D eigenvalue weighted by atomic mass is 32.2. The van der Waals surface area contributed by atoms with Gasteiger partial charge in [0.15, 0.2) is 0 Å². The molecule has 0 spiro atoms. The minimum Gasteiger partial charge on any atom is -0.385 e. The van der Waals surface area contributed by atoms with Crippen LogP contribution in [0.25, 0.3) is 0 Å². The molecule has 1 aromatic carbocycles. The van der Waals surface area contributed by atoms with E-state index in [2.05, 4.69) is 10.0 Å². The summed E-state index contributed by atoms with van der Waals surface area (Å²) in [5.41, 5.74) is 1.01. The first-order chi connectivity index (χ1) is 14.0. The van der Waals surface area contributed by atoms with Crippen molar-refractivity contribution in [1.29, 1.82) is 0 Å². The SMILES string of the molecule is CC(C)(C)S(=O)(=O)N[C@H]1CC[C@H](CNc2cc(F)cc(C(=O)N3CCCC3)c2)CC1. The van der Waals surface area contributed by atoms with Gasteiger partial charge in [-0.2, -0.15) is 0 Å². The van der Waals surface area contributed by atoms with Crippen LogP contribution in [-0.2, 0) is 10.0 Å². The fraction of sp³-hybridized carbons (Fsp3) is 0.682. The molecule has 0 aromatic heterocycles. The van der Waals surface area contributed by atoms with Gasteiger partial charge in [-0.25, -0.2) is 17.5 Å². The molecule has 0 radical (unpaired) electrons. The third kappa shape index (κ3) is 5.72. The van der Waals surface area contributed by atoms with Crippen molar-refractivity contribution >= 4 is 21.6 Å². The van der Waals surface area contributed by atoms with Crippen molar-refractivity contribution in [2.75, 3.05) is 25.0 Å². The van der Waals surface area contributed by atoms with Gasteiger partial charge in [0.1, 0.15) is 5.82 Å². The summed E-state index contributed by atoms with van der Waals surface area (Å²) >= 11 is 0. The van der Waals surface area contributed by atoms with Gasteiger partial charge < -0.3 is 10.2 Å². The second-order valence-electron chi connectivity index (χ2n) is 9.56. The summed E-state index contributed by atoms with van der Waals surface area (Å²) in [5, 5.41) is 3.28. The Hall–Kier alpha value is -1.67. The number of benzene rings is 1. The lowest BCUT2D eigenvalue weighted by Gasteiger charge is -2.31. The molecule has 3 rings (SSSR count). The van der Waals surface area contributed by atoms with E-state index in [1.54, 1.807) is 31.7 Å². The Morgan fingerprint density at radius 1 is 1.10 bits per heavy atom. The molecule has 1 saturated carbocycles. The smallest absolute Gasteiger partial charge is 0.254 e. The van der Waals surface area contributed by atoms with Crippen LogP contribution in [-0.4, -0.2) is 49.6 Å². The lowest BCUT2D eigenvalue weighted by Crippen LogP contribution is -2.46. The molecule has 0 bridgehead atoms. The highest BCUT2D eigenvalue weighted by molar-refractivity contribution is 7.90. The Labute approximate surface area is 179 Å². The maximum absolute atomic E-state index is 14.1. The highest BCUT2D eigenvalue weighted by Gasteiger charge is 2.32. The van der Waals surface area contributed by atoms with E-state index in [1.165, 1.54) is 12.1 Å². The summed E-state index contributed by atoms with van der Waals surface area (Å²) in [7, 11) is -3.34. The van der Waals surface area contributed by atoms with Crippen molar-refractivity contribution in [3.63, 3.8) is 0 Å². The number of likely N-dealkylation sites (tertiary alicyclic amines) is 1. The lowest BCUT2D eigenvalue weighted by atomic mass is 9.86. The van der Waals surface area contributed by atoms with Gasteiger partial charge in [-0.1, -0.05) is 0 Å². The van der Waals surface area contributed by atoms with E-state index in [4.69, 9.17) is 0 Å². The average Bonchev–Trinajstić information content (AvgIpc) is 3.20. The molecule has 0 atom stereocenters. The number of anilines is 1. The van der Waals surface area contributed by atoms with Crippen LogP contribution < -0.4 is 10.0 Å². The quantitative estimate of drug-likeness (QED) is 0.708. The van der Waals surface area contributed by atoms with Gasteiger partial charge in [0.2, 0.25) is 10.0 Å². The van der Waals surface area contributed by atoms with E-state index in [1.807, 2.05) is 0 Å². The molecule has 1 amide bonds. The largest absolute Gasteiger partial charge is 0.385 e. The fourth-order valence-corrected chi connectivity index (χ4v) is 5.09. The molecule has 2 N–H and O–H groups in total. The number of amides is 1. The van der Waals surface area contributed by atoms with E-state index < -0.39 is 20.6 Å². The summed E-state index contributed by atoms with van der Waals surface area (Å²) in [4.78, 5) is 14.3. The van der Waals surface area contributed by atoms with Crippen LogP contribution in [0.2, 0.25) is 0 Å². The zero-order valence-electron chi connectivity index (χ0n) is 18.2. The number of halogens is 1. The summed E-state index contributed by atoms with van der Waals surface area (Å²) in [6.45, 7) is 7.26. The number of rotatable bonds is 6. The minimum atomic E-state index is -3.34. The van der Waals surface area contributed by atoms with Crippen molar-refractivity contribution in [3.8, 4) is 0 Å². The zero-order chi connectivity index (χ0) is 21.9. The van der Waals surface area contributed by atoms with E-state index >= 15 is 0 Å². The molecule has 8 heteroatoms. The summed E-state index contributed by atoms with van der Waals surface area (Å²) in [6.07, 6.45) is 5.40. The van der Waals surface area contributed by atoms with Crippen molar-refractivity contribution < 1.29 is 17.6 Å². The van der Waals surface area contributed by atoms with Gasteiger partial charge in [0.05, 0.1) is 4.75 Å². The average molecular weight is 440 g/mol. The van der Waals surface area contributed by atoms with Crippen LogP contribution in [0, 0.1) is 11.7 Å². The van der Waals surface area contributed by atoms with Crippen molar-refractivity contribution in [2.45, 2.75) is 70.1 Å². The number of nitrogens with zero attached hydrogens (tertiary/aromatic N) is 1. The molecule has 30 heavy (non-hydrogen) atoms. The van der Waals surface area contributed by atoms with Crippen LogP contribution in [0.15, 0.2) is 18.2 Å². The Morgan fingerprint density at radius 3 is 2.33 bits per heavy atom. The Morgan fingerprint density at radius 2 is 1.73 bits per heavy atom. The first kappa shape index (κ1) is 23.0. The molecule has 6 nitrogen and oxygen atoms in total. The van der Waals surface area contributed by atoms with Crippen molar-refractivity contribution in [3.05, 3.63) is 29.6 Å². The number of carbonyl (C=O) groups is 1. The summed E-state index contributed by atoms with van der Waals surface area (Å²) < 4.78 is 40.8. The molecule has 0 unspecified atom stereocenters. The lowest BCUT2D eigenvalue weighted by molar-refractivity contribution is 0.0792. The van der Waals surface area contributed by atoms with Gasteiger partial charge in [-0.3, -0.25) is 4.79 Å². The molecule has 2 fully saturated rings. The van der Waals surface area contributed by atoms with Crippen molar-refractivity contribution in [2.24, 2.45) is 5.92 Å². The zero-order valence-corrected chi connectivity index (χ0v) is 19.0. The van der Waals surface area contributed by atoms with Crippen LogP contribution in [0.5, 0.6) is 0 Å². The Kier molecular flexibility index (Phi) is 7.07. The maximum atomic E-state index is 14.1. The number of carbonyl (C=O) groups excluding carboxylic acids is 1. The predicted molar refractivity (Wildman–Crippen MR) is 118 cm³/mol. The minimum absolute atomic E-state index is 0.0238. The standard InChI is InChI=1S/C22H34FN3O3S/c1-22(2,3)30(28,29)25-19-8-6-16(7-9-19)15-24-20-13-17(12-18(23)14-20)21(27)26-10-4-5-11-26/h12-14,16,19,24-25H,4-11,15H2,1-3H3/t16-,19-. The number of hydrogen-bond donors (Lipinski definition) is 2. The molecule has 1 aliphatic heterocycles. The van der Waals surface area contributed by atoms with E-state index in [-0.39, 0.29) is 11.9 Å².